The van der Waals surface area contributed by atoms with E-state index in [1.807, 2.05) is 12.1 Å². The van der Waals surface area contributed by atoms with Gasteiger partial charge in [-0.2, -0.15) is 0 Å². The van der Waals surface area contributed by atoms with E-state index < -0.39 is 0 Å². The van der Waals surface area contributed by atoms with Crippen molar-refractivity contribution in [3.8, 4) is 5.75 Å². The predicted octanol–water partition coefficient (Wildman–Crippen LogP) is 2.80. The lowest BCUT2D eigenvalue weighted by molar-refractivity contribution is 0.153. The summed E-state index contributed by atoms with van der Waals surface area (Å²) >= 11 is 0. The van der Waals surface area contributed by atoms with Crippen molar-refractivity contribution in [1.82, 2.24) is 10.6 Å². The van der Waals surface area contributed by atoms with Gasteiger partial charge in [0.2, 0.25) is 0 Å². The van der Waals surface area contributed by atoms with Crippen molar-refractivity contribution in [2.45, 2.75) is 32.2 Å². The summed E-state index contributed by atoms with van der Waals surface area (Å²) in [4.78, 5) is 4.75. The molecular weight excluding hydrogens is 302 g/mol. The van der Waals surface area contributed by atoms with Crippen molar-refractivity contribution in [1.29, 1.82) is 0 Å². The van der Waals surface area contributed by atoms with E-state index in [2.05, 4.69) is 35.8 Å². The smallest absolute Gasteiger partial charge is 0.191 e. The molecule has 5 heteroatoms. The molecule has 2 N–H and O–H groups in total. The highest BCUT2D eigenvalue weighted by Crippen LogP contribution is 2.31. The third-order valence-electron chi connectivity index (χ3n) is 4.37. The molecule has 0 aliphatic carbocycles. The molecule has 2 heterocycles. The van der Waals surface area contributed by atoms with Crippen LogP contribution in [0.4, 0.5) is 0 Å². The normalized spacial score (nSPS) is 20.6. The van der Waals surface area contributed by atoms with Crippen LogP contribution in [0.5, 0.6) is 5.75 Å². The number of ether oxygens (including phenoxy) is 2. The Labute approximate surface area is 144 Å². The summed E-state index contributed by atoms with van der Waals surface area (Å²) in [5.41, 5.74) is 2.67. The van der Waals surface area contributed by atoms with E-state index in [0.717, 1.165) is 63.9 Å². The number of aliphatic imine (C=N–C) groups is 1. The van der Waals surface area contributed by atoms with Gasteiger partial charge < -0.3 is 20.1 Å². The van der Waals surface area contributed by atoms with Gasteiger partial charge in [0.25, 0.3) is 0 Å². The topological polar surface area (TPSA) is 54.9 Å². The molecular formula is C19H27N3O2. The molecule has 0 aromatic heterocycles. The van der Waals surface area contributed by atoms with E-state index in [1.54, 1.807) is 0 Å². The molecule has 130 valence electrons. The molecule has 1 aromatic carbocycles. The van der Waals surface area contributed by atoms with Crippen LogP contribution >= 0.6 is 0 Å². The molecule has 3 rings (SSSR count). The van der Waals surface area contributed by atoms with Crippen molar-refractivity contribution >= 4 is 5.96 Å². The van der Waals surface area contributed by atoms with Crippen molar-refractivity contribution in [2.75, 3.05) is 32.9 Å². The van der Waals surface area contributed by atoms with E-state index in [9.17, 15) is 0 Å². The van der Waals surface area contributed by atoms with Crippen LogP contribution < -0.4 is 15.4 Å². The van der Waals surface area contributed by atoms with Crippen LogP contribution in [0.2, 0.25) is 0 Å². The maximum Gasteiger partial charge on any atom is 0.191 e. The van der Waals surface area contributed by atoms with Gasteiger partial charge in [-0.1, -0.05) is 29.8 Å². The Bertz CT molecular complexity index is 598. The zero-order valence-electron chi connectivity index (χ0n) is 14.4. The zero-order valence-corrected chi connectivity index (χ0v) is 14.4. The van der Waals surface area contributed by atoms with Gasteiger partial charge in [0.1, 0.15) is 5.75 Å². The lowest BCUT2D eigenvalue weighted by Crippen LogP contribution is -2.41. The molecule has 5 nitrogen and oxygen atoms in total. The van der Waals surface area contributed by atoms with E-state index in [1.165, 1.54) is 11.1 Å². The standard InChI is InChI=1S/C19H27N3O2/c1-2-20-19(21-11-7-15-8-12-23-13-9-15)22-17-10-14-24-18-6-4-3-5-16(17)18/h3-6,8,17H,2,7,9-14H2,1H3,(H2,20,21,22). The lowest BCUT2D eigenvalue weighted by atomic mass is 10.0. The molecule has 2 aliphatic heterocycles. The van der Waals surface area contributed by atoms with Gasteiger partial charge in [-0.15, -0.1) is 0 Å². The molecule has 0 spiro atoms. The number of fused-ring (bicyclic) bond motifs is 1. The predicted molar refractivity (Wildman–Crippen MR) is 96.5 cm³/mol. The summed E-state index contributed by atoms with van der Waals surface area (Å²) in [6.45, 7) is 6.07. The number of guanidine groups is 1. The first-order chi connectivity index (χ1) is 11.9. The minimum atomic E-state index is 0.245. The Morgan fingerprint density at radius 2 is 2.21 bits per heavy atom. The van der Waals surface area contributed by atoms with E-state index in [-0.39, 0.29) is 6.04 Å². The van der Waals surface area contributed by atoms with Gasteiger partial charge >= 0.3 is 0 Å². The second-order valence-corrected chi connectivity index (χ2v) is 6.07. The van der Waals surface area contributed by atoms with E-state index >= 15 is 0 Å². The largest absolute Gasteiger partial charge is 0.493 e. The molecule has 24 heavy (non-hydrogen) atoms. The summed E-state index contributed by atoms with van der Waals surface area (Å²) < 4.78 is 11.1. The summed E-state index contributed by atoms with van der Waals surface area (Å²) in [6.07, 6.45) is 5.18. The maximum absolute atomic E-state index is 5.74. The van der Waals surface area contributed by atoms with Gasteiger partial charge in [-0.3, -0.25) is 4.99 Å². The molecule has 1 unspecified atom stereocenters. The zero-order chi connectivity index (χ0) is 16.6. The molecule has 0 bridgehead atoms. The van der Waals surface area contributed by atoms with E-state index in [0.29, 0.717) is 0 Å². The summed E-state index contributed by atoms with van der Waals surface area (Å²) in [6, 6.07) is 8.48. The number of benzene rings is 1. The third kappa shape index (κ3) is 4.51. The van der Waals surface area contributed by atoms with E-state index in [4.69, 9.17) is 14.5 Å². The van der Waals surface area contributed by atoms with Crippen molar-refractivity contribution in [3.05, 3.63) is 41.5 Å². The van der Waals surface area contributed by atoms with Crippen molar-refractivity contribution < 1.29 is 9.47 Å². The highest BCUT2D eigenvalue weighted by Gasteiger charge is 2.21. The van der Waals surface area contributed by atoms with Gasteiger partial charge in [0, 0.05) is 25.1 Å². The molecule has 0 amide bonds. The van der Waals surface area contributed by atoms with Gasteiger partial charge in [-0.05, 0) is 25.8 Å². The second-order valence-electron chi connectivity index (χ2n) is 6.07. The third-order valence-corrected chi connectivity index (χ3v) is 4.37. The van der Waals surface area contributed by atoms with Crippen LogP contribution in [0.15, 0.2) is 40.9 Å². The quantitative estimate of drug-likeness (QED) is 0.495. The number of para-hydroxylation sites is 1. The summed E-state index contributed by atoms with van der Waals surface area (Å²) in [5.74, 6) is 1.86. The highest BCUT2D eigenvalue weighted by molar-refractivity contribution is 5.80. The number of nitrogens with one attached hydrogen (secondary N) is 2. The Kier molecular flexibility index (Phi) is 6.13. The van der Waals surface area contributed by atoms with Crippen molar-refractivity contribution in [3.63, 3.8) is 0 Å². The summed E-state index contributed by atoms with van der Waals surface area (Å²) in [7, 11) is 0. The van der Waals surface area contributed by atoms with Crippen LogP contribution in [0.25, 0.3) is 0 Å². The van der Waals surface area contributed by atoms with Crippen LogP contribution in [-0.4, -0.2) is 38.9 Å². The monoisotopic (exact) mass is 329 g/mol. The number of rotatable bonds is 5. The minimum Gasteiger partial charge on any atom is -0.493 e. The Balaban J connectivity index is 1.61. The van der Waals surface area contributed by atoms with Crippen LogP contribution in [0, 0.1) is 0 Å². The average Bonchev–Trinajstić information content (AvgIpc) is 2.63. The fraction of sp³-hybridized carbons (Fsp3) is 0.526. The number of hydrogen-bond acceptors (Lipinski definition) is 3. The molecule has 1 aromatic rings. The highest BCUT2D eigenvalue weighted by atomic mass is 16.5. The fourth-order valence-electron chi connectivity index (χ4n) is 3.08. The van der Waals surface area contributed by atoms with Crippen LogP contribution in [0.3, 0.4) is 0 Å². The Morgan fingerprint density at radius 1 is 1.29 bits per heavy atom. The Hall–Kier alpha value is -2.01. The molecule has 0 fully saturated rings. The summed E-state index contributed by atoms with van der Waals surface area (Å²) in [5, 5.41) is 6.92. The fourth-order valence-corrected chi connectivity index (χ4v) is 3.08. The maximum atomic E-state index is 5.74. The van der Waals surface area contributed by atoms with Crippen LogP contribution in [-0.2, 0) is 4.74 Å². The minimum absolute atomic E-state index is 0.245. The molecule has 0 saturated heterocycles. The first-order valence-electron chi connectivity index (χ1n) is 8.89. The van der Waals surface area contributed by atoms with Gasteiger partial charge in [0.05, 0.1) is 25.9 Å². The van der Waals surface area contributed by atoms with Crippen molar-refractivity contribution in [2.24, 2.45) is 4.99 Å². The molecule has 0 saturated carbocycles. The first-order valence-corrected chi connectivity index (χ1v) is 8.89. The second kappa shape index (κ2) is 8.73. The van der Waals surface area contributed by atoms with Crippen LogP contribution in [0.1, 0.15) is 37.8 Å². The average molecular weight is 329 g/mol. The SMILES string of the molecule is CCNC(=NCCC1=CCOCC1)NC1CCOc2ccccc21. The Morgan fingerprint density at radius 3 is 3.04 bits per heavy atom. The lowest BCUT2D eigenvalue weighted by Gasteiger charge is -2.28. The van der Waals surface area contributed by atoms with Gasteiger partial charge in [0.15, 0.2) is 5.96 Å². The number of hydrogen-bond donors (Lipinski definition) is 2. The first kappa shape index (κ1) is 16.8. The molecule has 0 radical (unpaired) electrons. The van der Waals surface area contributed by atoms with Gasteiger partial charge in [-0.25, -0.2) is 0 Å². The molecule has 1 atom stereocenters. The number of nitrogens with zero attached hydrogens (tertiary/aromatic N) is 1. The molecule has 2 aliphatic rings.